The van der Waals surface area contributed by atoms with Crippen molar-refractivity contribution in [3.05, 3.63) is 27.7 Å². The van der Waals surface area contributed by atoms with Crippen LogP contribution in [-0.4, -0.2) is 4.98 Å². The van der Waals surface area contributed by atoms with E-state index in [-0.39, 0.29) is 0 Å². The van der Waals surface area contributed by atoms with E-state index in [0.29, 0.717) is 5.92 Å². The van der Waals surface area contributed by atoms with Crippen molar-refractivity contribution in [3.63, 3.8) is 0 Å². The highest BCUT2D eigenvalue weighted by molar-refractivity contribution is 9.11. The number of hydrogen-bond donors (Lipinski definition) is 0. The zero-order valence-electron chi connectivity index (χ0n) is 11.2. The average molecular weight is 326 g/mol. The van der Waals surface area contributed by atoms with Crippen molar-refractivity contribution in [1.82, 2.24) is 4.98 Å². The summed E-state index contributed by atoms with van der Waals surface area (Å²) in [5, 5.41) is 0. The Labute approximate surface area is 122 Å². The van der Waals surface area contributed by atoms with E-state index in [9.17, 15) is 0 Å². The molecule has 0 saturated carbocycles. The second-order valence-electron chi connectivity index (χ2n) is 5.19. The molecule has 1 aromatic carbocycles. The lowest BCUT2D eigenvalue weighted by Crippen LogP contribution is -1.98. The molecule has 98 valence electrons. The Hall–Kier alpha value is -0.410. The number of thiazole rings is 1. The average Bonchev–Trinajstić information content (AvgIpc) is 2.74. The molecule has 0 bridgehead atoms. The molecular weight excluding hydrogens is 306 g/mol. The fraction of sp³-hybridized carbons (Fsp3) is 0.533. The zero-order chi connectivity index (χ0) is 13.1. The van der Waals surface area contributed by atoms with Crippen LogP contribution in [0, 0.1) is 5.92 Å². The van der Waals surface area contributed by atoms with Crippen molar-refractivity contribution < 1.29 is 0 Å². The van der Waals surface area contributed by atoms with Crippen LogP contribution in [-0.2, 0) is 0 Å². The Kier molecular flexibility index (Phi) is 4.79. The Balaban J connectivity index is 2.10. The van der Waals surface area contributed by atoms with Gasteiger partial charge >= 0.3 is 0 Å². The minimum atomic E-state index is 0.629. The van der Waals surface area contributed by atoms with Crippen LogP contribution in [0.3, 0.4) is 0 Å². The topological polar surface area (TPSA) is 12.9 Å². The third-order valence-electron chi connectivity index (χ3n) is 3.74. The van der Waals surface area contributed by atoms with Crippen molar-refractivity contribution in [1.29, 1.82) is 0 Å². The molecule has 0 aliphatic heterocycles. The summed E-state index contributed by atoms with van der Waals surface area (Å²) < 4.78 is 2.24. The van der Waals surface area contributed by atoms with Gasteiger partial charge in [-0.1, -0.05) is 39.7 Å². The first-order valence-corrected chi connectivity index (χ1v) is 8.27. The van der Waals surface area contributed by atoms with Gasteiger partial charge in [0.1, 0.15) is 0 Å². The van der Waals surface area contributed by atoms with E-state index in [1.165, 1.54) is 29.5 Å². The molecule has 18 heavy (non-hydrogen) atoms. The maximum Gasteiger partial charge on any atom is 0.160 e. The molecule has 0 unspecified atom stereocenters. The van der Waals surface area contributed by atoms with Gasteiger partial charge in [0.15, 0.2) is 3.92 Å². The number of rotatable bonds is 5. The number of aromatic nitrogens is 1. The van der Waals surface area contributed by atoms with E-state index in [2.05, 4.69) is 59.9 Å². The van der Waals surface area contributed by atoms with Gasteiger partial charge in [-0.2, -0.15) is 0 Å². The number of halogens is 1. The summed E-state index contributed by atoms with van der Waals surface area (Å²) in [7, 11) is 0. The van der Waals surface area contributed by atoms with Crippen molar-refractivity contribution >= 4 is 37.5 Å². The smallest absolute Gasteiger partial charge is 0.160 e. The second kappa shape index (κ2) is 6.16. The van der Waals surface area contributed by atoms with E-state index < -0.39 is 0 Å². The molecule has 0 amide bonds. The van der Waals surface area contributed by atoms with Gasteiger partial charge in [-0.3, -0.25) is 0 Å². The maximum absolute atomic E-state index is 4.50. The van der Waals surface area contributed by atoms with Gasteiger partial charge in [-0.25, -0.2) is 4.98 Å². The van der Waals surface area contributed by atoms with Crippen LogP contribution in [0.4, 0.5) is 0 Å². The third kappa shape index (κ3) is 3.33. The van der Waals surface area contributed by atoms with Crippen molar-refractivity contribution in [2.45, 2.75) is 46.0 Å². The fourth-order valence-electron chi connectivity index (χ4n) is 2.13. The van der Waals surface area contributed by atoms with Crippen LogP contribution in [0.2, 0.25) is 0 Å². The van der Waals surface area contributed by atoms with Crippen LogP contribution < -0.4 is 0 Å². The predicted molar refractivity (Wildman–Crippen MR) is 84.4 cm³/mol. The van der Waals surface area contributed by atoms with Gasteiger partial charge in [-0.15, -0.1) is 11.3 Å². The summed E-state index contributed by atoms with van der Waals surface area (Å²) in [5.74, 6) is 1.47. The van der Waals surface area contributed by atoms with E-state index in [4.69, 9.17) is 0 Å². The van der Waals surface area contributed by atoms with Gasteiger partial charge < -0.3 is 0 Å². The molecule has 2 aromatic rings. The molecule has 1 heterocycles. The standard InChI is InChI=1S/C15H20BrNS/c1-4-10(2)5-6-11(3)12-7-8-14-13(9-12)17-15(16)18-14/h7-11H,4-6H2,1-3H3/t10-,11-/m1/s1. The summed E-state index contributed by atoms with van der Waals surface area (Å²) in [5.41, 5.74) is 2.54. The highest BCUT2D eigenvalue weighted by Crippen LogP contribution is 2.30. The first-order chi connectivity index (χ1) is 8.60. The lowest BCUT2D eigenvalue weighted by Gasteiger charge is -2.14. The Morgan fingerprint density at radius 2 is 2.06 bits per heavy atom. The monoisotopic (exact) mass is 325 g/mol. The summed E-state index contributed by atoms with van der Waals surface area (Å²) in [6, 6.07) is 6.71. The molecular formula is C15H20BrNS. The number of hydrogen-bond acceptors (Lipinski definition) is 2. The Morgan fingerprint density at radius 1 is 1.28 bits per heavy atom. The van der Waals surface area contributed by atoms with Crippen molar-refractivity contribution in [2.24, 2.45) is 5.92 Å². The number of nitrogens with zero attached hydrogens (tertiary/aromatic N) is 1. The first kappa shape index (κ1) is 14.0. The quantitative estimate of drug-likeness (QED) is 0.658. The molecule has 0 N–H and O–H groups in total. The summed E-state index contributed by atoms with van der Waals surface area (Å²) in [4.78, 5) is 4.50. The molecule has 0 aliphatic carbocycles. The van der Waals surface area contributed by atoms with Crippen LogP contribution in [0.15, 0.2) is 22.1 Å². The normalized spacial score (nSPS) is 14.9. The lowest BCUT2D eigenvalue weighted by molar-refractivity contribution is 0.470. The fourth-order valence-corrected chi connectivity index (χ4v) is 3.51. The second-order valence-corrected chi connectivity index (χ2v) is 7.49. The van der Waals surface area contributed by atoms with Gasteiger partial charge in [-0.05, 0) is 51.9 Å². The Bertz CT molecular complexity index is 520. The molecule has 0 aliphatic rings. The van der Waals surface area contributed by atoms with Crippen molar-refractivity contribution in [3.8, 4) is 0 Å². The molecule has 1 nitrogen and oxygen atoms in total. The van der Waals surface area contributed by atoms with E-state index in [1.807, 2.05) is 0 Å². The molecule has 0 fully saturated rings. The first-order valence-electron chi connectivity index (χ1n) is 6.66. The maximum atomic E-state index is 4.50. The molecule has 0 spiro atoms. The highest BCUT2D eigenvalue weighted by Gasteiger charge is 2.10. The minimum absolute atomic E-state index is 0.629. The molecule has 2 atom stereocenters. The SMILES string of the molecule is CC[C@@H](C)CC[C@@H](C)c1ccc2sc(Br)nc2c1. The van der Waals surface area contributed by atoms with Crippen LogP contribution in [0.1, 0.15) is 51.5 Å². The van der Waals surface area contributed by atoms with E-state index in [0.717, 1.165) is 15.4 Å². The number of benzene rings is 1. The minimum Gasteiger partial charge on any atom is -0.229 e. The molecule has 1 aromatic heterocycles. The Morgan fingerprint density at radius 3 is 2.78 bits per heavy atom. The summed E-state index contributed by atoms with van der Waals surface area (Å²) >= 11 is 5.15. The van der Waals surface area contributed by atoms with Gasteiger partial charge in [0.25, 0.3) is 0 Å². The van der Waals surface area contributed by atoms with Crippen LogP contribution in [0.5, 0.6) is 0 Å². The molecule has 0 saturated heterocycles. The largest absolute Gasteiger partial charge is 0.229 e. The zero-order valence-corrected chi connectivity index (χ0v) is 13.6. The van der Waals surface area contributed by atoms with Gasteiger partial charge in [0, 0.05) is 0 Å². The van der Waals surface area contributed by atoms with E-state index in [1.54, 1.807) is 11.3 Å². The van der Waals surface area contributed by atoms with Crippen LogP contribution in [0.25, 0.3) is 10.2 Å². The van der Waals surface area contributed by atoms with E-state index >= 15 is 0 Å². The third-order valence-corrected chi connectivity index (χ3v) is 5.23. The predicted octanol–water partition coefficient (Wildman–Crippen LogP) is 5.99. The van der Waals surface area contributed by atoms with Crippen molar-refractivity contribution in [2.75, 3.05) is 0 Å². The molecule has 0 radical (unpaired) electrons. The number of fused-ring (bicyclic) bond motifs is 1. The lowest BCUT2D eigenvalue weighted by atomic mass is 9.91. The van der Waals surface area contributed by atoms with Crippen LogP contribution >= 0.6 is 27.3 Å². The van der Waals surface area contributed by atoms with Gasteiger partial charge in [0.05, 0.1) is 10.2 Å². The molecule has 2 rings (SSSR count). The summed E-state index contributed by atoms with van der Waals surface area (Å²) in [6.45, 7) is 6.94. The van der Waals surface area contributed by atoms with Gasteiger partial charge in [0.2, 0.25) is 0 Å². The molecule has 3 heteroatoms. The highest BCUT2D eigenvalue weighted by atomic mass is 79.9. The summed E-state index contributed by atoms with van der Waals surface area (Å²) in [6.07, 6.45) is 3.87.